The summed E-state index contributed by atoms with van der Waals surface area (Å²) in [6, 6.07) is 1.91. The van der Waals surface area contributed by atoms with E-state index in [1.165, 1.54) is 6.92 Å². The standard InChI is InChI=1S/C12H12F2O3/c1-6-2-10(14)8(3-9(6)13)12(11(16)17)4-7(15)5-12/h2-3,7,15H,4-5H2,1H3,(H,16,17). The van der Waals surface area contributed by atoms with Gasteiger partial charge in [0.25, 0.3) is 0 Å². The van der Waals surface area contributed by atoms with Crippen LogP contribution in [0.4, 0.5) is 8.78 Å². The highest BCUT2D eigenvalue weighted by Gasteiger charge is 2.52. The second-order valence-electron chi connectivity index (χ2n) is 4.53. The molecule has 0 saturated heterocycles. The highest BCUT2D eigenvalue weighted by atomic mass is 19.1. The Hall–Kier alpha value is -1.49. The molecule has 1 aliphatic rings. The van der Waals surface area contributed by atoms with Crippen LogP contribution >= 0.6 is 0 Å². The first-order valence-electron chi connectivity index (χ1n) is 5.24. The zero-order valence-corrected chi connectivity index (χ0v) is 9.20. The third-order valence-corrected chi connectivity index (χ3v) is 3.34. The predicted molar refractivity (Wildman–Crippen MR) is 55.6 cm³/mol. The van der Waals surface area contributed by atoms with E-state index in [-0.39, 0.29) is 24.0 Å². The van der Waals surface area contributed by atoms with Gasteiger partial charge in [-0.25, -0.2) is 8.78 Å². The number of aliphatic hydroxyl groups excluding tert-OH is 1. The molecule has 0 aromatic heterocycles. The lowest BCUT2D eigenvalue weighted by atomic mass is 9.62. The summed E-state index contributed by atoms with van der Waals surface area (Å²) in [6.45, 7) is 1.41. The molecule has 2 rings (SSSR count). The van der Waals surface area contributed by atoms with E-state index in [9.17, 15) is 18.7 Å². The molecule has 0 aliphatic heterocycles. The molecule has 1 aliphatic carbocycles. The van der Waals surface area contributed by atoms with Crippen molar-refractivity contribution < 1.29 is 23.8 Å². The number of aliphatic hydroxyl groups is 1. The molecule has 0 bridgehead atoms. The van der Waals surface area contributed by atoms with E-state index in [1.54, 1.807) is 0 Å². The minimum atomic E-state index is -1.49. The van der Waals surface area contributed by atoms with Crippen molar-refractivity contribution in [2.75, 3.05) is 0 Å². The maximum Gasteiger partial charge on any atom is 0.314 e. The van der Waals surface area contributed by atoms with Gasteiger partial charge in [0.2, 0.25) is 0 Å². The van der Waals surface area contributed by atoms with Crippen molar-refractivity contribution >= 4 is 5.97 Å². The average Bonchev–Trinajstić information content (AvgIpc) is 2.18. The van der Waals surface area contributed by atoms with E-state index in [1.807, 2.05) is 0 Å². The molecule has 0 heterocycles. The summed E-state index contributed by atoms with van der Waals surface area (Å²) in [7, 11) is 0. The molecule has 1 saturated carbocycles. The Morgan fingerprint density at radius 3 is 2.41 bits per heavy atom. The Kier molecular flexibility index (Phi) is 2.66. The van der Waals surface area contributed by atoms with Crippen LogP contribution < -0.4 is 0 Å². The van der Waals surface area contributed by atoms with Gasteiger partial charge in [-0.2, -0.15) is 0 Å². The number of aliphatic carboxylic acids is 1. The number of carboxylic acid groups (broad SMARTS) is 1. The lowest BCUT2D eigenvalue weighted by molar-refractivity contribution is -0.153. The summed E-state index contributed by atoms with van der Waals surface area (Å²) in [5, 5.41) is 18.4. The van der Waals surface area contributed by atoms with Gasteiger partial charge < -0.3 is 10.2 Å². The van der Waals surface area contributed by atoms with Gasteiger partial charge in [0.15, 0.2) is 0 Å². The van der Waals surface area contributed by atoms with Crippen LogP contribution in [0.3, 0.4) is 0 Å². The zero-order chi connectivity index (χ0) is 12.8. The van der Waals surface area contributed by atoms with Gasteiger partial charge in [-0.15, -0.1) is 0 Å². The minimum Gasteiger partial charge on any atom is -0.481 e. The number of carboxylic acids is 1. The molecule has 92 valence electrons. The number of aryl methyl sites for hydroxylation is 1. The van der Waals surface area contributed by atoms with E-state index in [0.29, 0.717) is 0 Å². The molecule has 5 heteroatoms. The molecule has 3 nitrogen and oxygen atoms in total. The fraction of sp³-hybridized carbons (Fsp3) is 0.417. The molecule has 1 aromatic carbocycles. The summed E-state index contributed by atoms with van der Waals surface area (Å²) >= 11 is 0. The van der Waals surface area contributed by atoms with Crippen LogP contribution in [0.5, 0.6) is 0 Å². The Labute approximate surface area is 96.7 Å². The summed E-state index contributed by atoms with van der Waals surface area (Å²) < 4.78 is 27.1. The zero-order valence-electron chi connectivity index (χ0n) is 9.20. The van der Waals surface area contributed by atoms with Crippen molar-refractivity contribution in [3.05, 3.63) is 34.9 Å². The Balaban J connectivity index is 2.52. The highest BCUT2D eigenvalue weighted by Crippen LogP contribution is 2.45. The Morgan fingerprint density at radius 1 is 1.35 bits per heavy atom. The number of hydrogen-bond donors (Lipinski definition) is 2. The minimum absolute atomic E-state index is 0.0816. The fourth-order valence-electron chi connectivity index (χ4n) is 2.27. The van der Waals surface area contributed by atoms with Gasteiger partial charge in [0.1, 0.15) is 17.0 Å². The molecule has 0 radical (unpaired) electrons. The van der Waals surface area contributed by atoms with Crippen molar-refractivity contribution in [3.63, 3.8) is 0 Å². The SMILES string of the molecule is Cc1cc(F)c(C2(C(=O)O)CC(O)C2)cc1F. The van der Waals surface area contributed by atoms with E-state index in [2.05, 4.69) is 0 Å². The number of rotatable bonds is 2. The maximum atomic E-state index is 13.7. The van der Waals surface area contributed by atoms with Gasteiger partial charge >= 0.3 is 5.97 Å². The second-order valence-corrected chi connectivity index (χ2v) is 4.53. The monoisotopic (exact) mass is 242 g/mol. The molecular weight excluding hydrogens is 230 g/mol. The van der Waals surface area contributed by atoms with E-state index in [0.717, 1.165) is 12.1 Å². The van der Waals surface area contributed by atoms with Crippen molar-refractivity contribution in [2.24, 2.45) is 0 Å². The summed E-state index contributed by atoms with van der Waals surface area (Å²) in [6.07, 6.45) is -0.932. The normalized spacial score (nSPS) is 27.6. The topological polar surface area (TPSA) is 57.5 Å². The van der Waals surface area contributed by atoms with Crippen molar-refractivity contribution in [3.8, 4) is 0 Å². The van der Waals surface area contributed by atoms with Gasteiger partial charge in [-0.05, 0) is 37.5 Å². The molecule has 0 amide bonds. The third-order valence-electron chi connectivity index (χ3n) is 3.34. The first-order valence-corrected chi connectivity index (χ1v) is 5.24. The van der Waals surface area contributed by atoms with Crippen molar-refractivity contribution in [2.45, 2.75) is 31.3 Å². The number of hydrogen-bond acceptors (Lipinski definition) is 2. The molecule has 1 aromatic rings. The van der Waals surface area contributed by atoms with Crippen LogP contribution in [0, 0.1) is 18.6 Å². The summed E-state index contributed by atoms with van der Waals surface area (Å²) in [5.41, 5.74) is -1.54. The van der Waals surface area contributed by atoms with E-state index < -0.39 is 29.1 Å². The molecule has 1 fully saturated rings. The predicted octanol–water partition coefficient (Wildman–Crippen LogP) is 1.75. The van der Waals surface area contributed by atoms with E-state index in [4.69, 9.17) is 5.11 Å². The van der Waals surface area contributed by atoms with Crippen LogP contribution in [0.1, 0.15) is 24.0 Å². The maximum absolute atomic E-state index is 13.7. The lowest BCUT2D eigenvalue weighted by Crippen LogP contribution is -2.51. The summed E-state index contributed by atoms with van der Waals surface area (Å²) in [5.74, 6) is -2.61. The molecular formula is C12H12F2O3. The molecule has 0 atom stereocenters. The van der Waals surface area contributed by atoms with E-state index >= 15 is 0 Å². The van der Waals surface area contributed by atoms with Gasteiger partial charge in [0, 0.05) is 5.56 Å². The van der Waals surface area contributed by atoms with Gasteiger partial charge in [-0.1, -0.05) is 0 Å². The largest absolute Gasteiger partial charge is 0.481 e. The quantitative estimate of drug-likeness (QED) is 0.830. The number of carbonyl (C=O) groups is 1. The van der Waals surface area contributed by atoms with Gasteiger partial charge in [-0.3, -0.25) is 4.79 Å². The molecule has 17 heavy (non-hydrogen) atoms. The van der Waals surface area contributed by atoms with Crippen LogP contribution in [0.2, 0.25) is 0 Å². The Bertz CT molecular complexity index is 479. The van der Waals surface area contributed by atoms with Crippen LogP contribution in [0.15, 0.2) is 12.1 Å². The van der Waals surface area contributed by atoms with Gasteiger partial charge in [0.05, 0.1) is 6.10 Å². The Morgan fingerprint density at radius 2 is 1.94 bits per heavy atom. The fourth-order valence-corrected chi connectivity index (χ4v) is 2.27. The number of halogens is 2. The second kappa shape index (κ2) is 3.77. The van der Waals surface area contributed by atoms with Crippen LogP contribution in [-0.2, 0) is 10.2 Å². The van der Waals surface area contributed by atoms with Crippen LogP contribution in [-0.4, -0.2) is 22.3 Å². The van der Waals surface area contributed by atoms with Crippen molar-refractivity contribution in [1.82, 2.24) is 0 Å². The first kappa shape index (κ1) is 12.0. The lowest BCUT2D eigenvalue weighted by Gasteiger charge is -2.42. The smallest absolute Gasteiger partial charge is 0.314 e. The molecule has 2 N–H and O–H groups in total. The van der Waals surface area contributed by atoms with Crippen molar-refractivity contribution in [1.29, 1.82) is 0 Å². The number of benzene rings is 1. The molecule has 0 unspecified atom stereocenters. The highest BCUT2D eigenvalue weighted by molar-refractivity contribution is 5.83. The first-order chi connectivity index (χ1) is 7.86. The average molecular weight is 242 g/mol. The summed E-state index contributed by atoms with van der Waals surface area (Å²) in [4.78, 5) is 11.2. The molecule has 0 spiro atoms. The van der Waals surface area contributed by atoms with Crippen LogP contribution in [0.25, 0.3) is 0 Å². The third kappa shape index (κ3) is 1.70.